The maximum Gasteiger partial charge on any atom is 0.305 e. The first-order chi connectivity index (χ1) is 12.5. The zero-order valence-corrected chi connectivity index (χ0v) is 15.5. The molecule has 2 N–H and O–H groups in total. The number of hydrogen-bond donors (Lipinski definition) is 2. The van der Waals surface area contributed by atoms with Crippen LogP contribution in [0.3, 0.4) is 0 Å². The molecule has 0 spiro atoms. The van der Waals surface area contributed by atoms with Crippen molar-refractivity contribution in [3.05, 3.63) is 64.6 Å². The average molecular weight is 376 g/mol. The van der Waals surface area contributed by atoms with Crippen molar-refractivity contribution in [3.8, 4) is 0 Å². The standard InChI is InChI=1S/C19H22ClN3O3/c1-3-23(4-2)13-16-10-11-17(26-16)19(25)22-21-18(24)12-7-14-5-8-15(20)9-6-14/h5-12H,3-4,13H2,1-2H3,(H,21,24)(H,22,25)/b12-7+. The highest BCUT2D eigenvalue weighted by Crippen LogP contribution is 2.11. The molecule has 0 saturated carbocycles. The van der Waals surface area contributed by atoms with Gasteiger partial charge in [0.15, 0.2) is 5.76 Å². The number of nitrogens with zero attached hydrogens (tertiary/aromatic N) is 1. The summed E-state index contributed by atoms with van der Waals surface area (Å²) >= 11 is 5.80. The van der Waals surface area contributed by atoms with Gasteiger partial charge < -0.3 is 4.42 Å². The van der Waals surface area contributed by atoms with E-state index < -0.39 is 11.8 Å². The van der Waals surface area contributed by atoms with Crippen molar-refractivity contribution in [2.75, 3.05) is 13.1 Å². The minimum Gasteiger partial charge on any atom is -0.454 e. The highest BCUT2D eigenvalue weighted by molar-refractivity contribution is 6.30. The lowest BCUT2D eigenvalue weighted by Crippen LogP contribution is -2.40. The summed E-state index contributed by atoms with van der Waals surface area (Å²) in [7, 11) is 0. The maximum absolute atomic E-state index is 12.0. The van der Waals surface area contributed by atoms with E-state index >= 15 is 0 Å². The Balaban J connectivity index is 1.83. The van der Waals surface area contributed by atoms with Crippen molar-refractivity contribution < 1.29 is 14.0 Å². The number of amides is 2. The number of carbonyl (C=O) groups is 2. The number of carbonyl (C=O) groups excluding carboxylic acids is 2. The molecule has 7 heteroatoms. The van der Waals surface area contributed by atoms with Gasteiger partial charge in [0.05, 0.1) is 6.54 Å². The Morgan fingerprint density at radius 3 is 2.42 bits per heavy atom. The van der Waals surface area contributed by atoms with Gasteiger partial charge in [-0.3, -0.25) is 25.3 Å². The minimum absolute atomic E-state index is 0.147. The summed E-state index contributed by atoms with van der Waals surface area (Å²) < 4.78 is 5.52. The van der Waals surface area contributed by atoms with Crippen LogP contribution in [0, 0.1) is 0 Å². The van der Waals surface area contributed by atoms with Gasteiger partial charge in [-0.2, -0.15) is 0 Å². The average Bonchev–Trinajstić information content (AvgIpc) is 3.12. The zero-order chi connectivity index (χ0) is 18.9. The summed E-state index contributed by atoms with van der Waals surface area (Å²) in [5.41, 5.74) is 5.46. The van der Waals surface area contributed by atoms with E-state index in [1.165, 1.54) is 6.08 Å². The van der Waals surface area contributed by atoms with Crippen LogP contribution in [0.25, 0.3) is 6.08 Å². The van der Waals surface area contributed by atoms with E-state index in [-0.39, 0.29) is 5.76 Å². The molecule has 0 aliphatic heterocycles. The number of nitrogens with one attached hydrogen (secondary N) is 2. The van der Waals surface area contributed by atoms with Crippen molar-refractivity contribution in [2.45, 2.75) is 20.4 Å². The topological polar surface area (TPSA) is 74.6 Å². The molecule has 6 nitrogen and oxygen atoms in total. The van der Waals surface area contributed by atoms with Crippen LogP contribution < -0.4 is 10.9 Å². The summed E-state index contributed by atoms with van der Waals surface area (Å²) in [5, 5.41) is 0.623. The van der Waals surface area contributed by atoms with Crippen LogP contribution in [0.5, 0.6) is 0 Å². The summed E-state index contributed by atoms with van der Waals surface area (Å²) in [6.45, 7) is 6.56. The first kappa shape index (κ1) is 19.8. The normalized spacial score (nSPS) is 11.1. The molecule has 1 heterocycles. The summed E-state index contributed by atoms with van der Waals surface area (Å²) in [6.07, 6.45) is 2.93. The molecule has 0 unspecified atom stereocenters. The first-order valence-electron chi connectivity index (χ1n) is 8.36. The van der Waals surface area contributed by atoms with Crippen molar-refractivity contribution >= 4 is 29.5 Å². The Morgan fingerprint density at radius 2 is 1.77 bits per heavy atom. The van der Waals surface area contributed by atoms with Gasteiger partial charge >= 0.3 is 5.91 Å². The molecule has 2 rings (SSSR count). The Kier molecular flexibility index (Phi) is 7.44. The molecule has 0 aliphatic carbocycles. The van der Waals surface area contributed by atoms with Crippen LogP contribution in [0.2, 0.25) is 5.02 Å². The molecule has 0 bridgehead atoms. The summed E-state index contributed by atoms with van der Waals surface area (Å²) in [4.78, 5) is 26.0. The molecule has 2 aromatic rings. The monoisotopic (exact) mass is 375 g/mol. The van der Waals surface area contributed by atoms with Gasteiger partial charge in [-0.05, 0) is 49.0 Å². The van der Waals surface area contributed by atoms with E-state index in [0.29, 0.717) is 17.3 Å². The van der Waals surface area contributed by atoms with Gasteiger partial charge in [0.1, 0.15) is 5.76 Å². The molecule has 2 amide bonds. The quantitative estimate of drug-likeness (QED) is 0.575. The van der Waals surface area contributed by atoms with Crippen molar-refractivity contribution in [2.24, 2.45) is 0 Å². The van der Waals surface area contributed by atoms with Crippen LogP contribution in [-0.2, 0) is 11.3 Å². The van der Waals surface area contributed by atoms with E-state index in [2.05, 4.69) is 29.6 Å². The molecule has 1 aromatic heterocycles. The Morgan fingerprint density at radius 1 is 1.08 bits per heavy atom. The third kappa shape index (κ3) is 6.06. The number of hydrogen-bond acceptors (Lipinski definition) is 4. The van der Waals surface area contributed by atoms with Crippen LogP contribution in [0.15, 0.2) is 46.9 Å². The Labute approximate surface area is 157 Å². The molecular weight excluding hydrogens is 354 g/mol. The predicted octanol–water partition coefficient (Wildman–Crippen LogP) is 3.25. The zero-order valence-electron chi connectivity index (χ0n) is 14.8. The number of halogens is 1. The minimum atomic E-state index is -0.510. The maximum atomic E-state index is 12.0. The fourth-order valence-corrected chi connectivity index (χ4v) is 2.35. The summed E-state index contributed by atoms with van der Waals surface area (Å²) in [5.74, 6) is -0.116. The third-order valence-corrected chi connectivity index (χ3v) is 4.01. The van der Waals surface area contributed by atoms with E-state index in [0.717, 1.165) is 18.7 Å². The number of benzene rings is 1. The van der Waals surface area contributed by atoms with Crippen LogP contribution >= 0.6 is 11.6 Å². The van der Waals surface area contributed by atoms with Gasteiger partial charge in [0.2, 0.25) is 0 Å². The number of rotatable bonds is 7. The highest BCUT2D eigenvalue weighted by Gasteiger charge is 2.12. The van der Waals surface area contributed by atoms with Gasteiger partial charge in [-0.15, -0.1) is 0 Å². The second-order valence-corrected chi connectivity index (χ2v) is 5.99. The Bertz CT molecular complexity index is 765. The molecule has 26 heavy (non-hydrogen) atoms. The van der Waals surface area contributed by atoms with Crippen molar-refractivity contribution in [1.29, 1.82) is 0 Å². The number of hydrazine groups is 1. The lowest BCUT2D eigenvalue weighted by atomic mass is 10.2. The van der Waals surface area contributed by atoms with E-state index in [1.807, 2.05) is 0 Å². The molecular formula is C19H22ClN3O3. The Hall–Kier alpha value is -2.57. The molecule has 1 aromatic carbocycles. The summed E-state index contributed by atoms with van der Waals surface area (Å²) in [6, 6.07) is 10.4. The fraction of sp³-hybridized carbons (Fsp3) is 0.263. The largest absolute Gasteiger partial charge is 0.454 e. The molecule has 138 valence electrons. The molecule has 0 fully saturated rings. The van der Waals surface area contributed by atoms with Crippen molar-refractivity contribution in [1.82, 2.24) is 15.8 Å². The SMILES string of the molecule is CCN(CC)Cc1ccc(C(=O)NNC(=O)/C=C/c2ccc(Cl)cc2)o1. The van der Waals surface area contributed by atoms with E-state index in [1.54, 1.807) is 42.5 Å². The second-order valence-electron chi connectivity index (χ2n) is 5.56. The van der Waals surface area contributed by atoms with Gasteiger partial charge in [-0.25, -0.2) is 0 Å². The number of furan rings is 1. The van der Waals surface area contributed by atoms with Gasteiger partial charge in [0, 0.05) is 11.1 Å². The molecule has 0 radical (unpaired) electrons. The van der Waals surface area contributed by atoms with Crippen LogP contribution in [-0.4, -0.2) is 29.8 Å². The second kappa shape index (κ2) is 9.79. The predicted molar refractivity (Wildman–Crippen MR) is 101 cm³/mol. The smallest absolute Gasteiger partial charge is 0.305 e. The van der Waals surface area contributed by atoms with E-state index in [9.17, 15) is 9.59 Å². The first-order valence-corrected chi connectivity index (χ1v) is 8.74. The van der Waals surface area contributed by atoms with Crippen LogP contribution in [0.1, 0.15) is 35.7 Å². The molecule has 0 aliphatic rings. The molecule has 0 saturated heterocycles. The molecule has 0 atom stereocenters. The lowest BCUT2D eigenvalue weighted by molar-refractivity contribution is -0.117. The van der Waals surface area contributed by atoms with Gasteiger partial charge in [0.25, 0.3) is 5.91 Å². The van der Waals surface area contributed by atoms with Gasteiger partial charge in [-0.1, -0.05) is 37.6 Å². The highest BCUT2D eigenvalue weighted by atomic mass is 35.5. The lowest BCUT2D eigenvalue weighted by Gasteiger charge is -2.15. The van der Waals surface area contributed by atoms with Crippen LogP contribution in [0.4, 0.5) is 0 Å². The fourth-order valence-electron chi connectivity index (χ4n) is 2.22. The third-order valence-electron chi connectivity index (χ3n) is 3.76. The van der Waals surface area contributed by atoms with Crippen molar-refractivity contribution in [3.63, 3.8) is 0 Å². The van der Waals surface area contributed by atoms with E-state index in [4.69, 9.17) is 16.0 Å².